The maximum Gasteiger partial charge on any atom is 0.299 e. The summed E-state index contributed by atoms with van der Waals surface area (Å²) in [7, 11) is -3.95. The van der Waals surface area contributed by atoms with Crippen LogP contribution >= 0.6 is 0 Å². The highest BCUT2D eigenvalue weighted by atomic mass is 32.2. The Labute approximate surface area is 156 Å². The van der Waals surface area contributed by atoms with Crippen molar-refractivity contribution in [3.63, 3.8) is 0 Å². The molecule has 1 aromatic carbocycles. The van der Waals surface area contributed by atoms with Gasteiger partial charge in [-0.25, -0.2) is 4.98 Å². The molecule has 0 aliphatic rings. The minimum Gasteiger partial charge on any atom is -0.394 e. The van der Waals surface area contributed by atoms with Crippen molar-refractivity contribution in [3.05, 3.63) is 47.5 Å². The summed E-state index contributed by atoms with van der Waals surface area (Å²) in [5.41, 5.74) is 0.989. The third kappa shape index (κ3) is 5.17. The van der Waals surface area contributed by atoms with Gasteiger partial charge in [0.25, 0.3) is 10.0 Å². The van der Waals surface area contributed by atoms with Crippen LogP contribution in [0.4, 0.5) is 0 Å². The lowest BCUT2D eigenvalue weighted by Gasteiger charge is -2.20. The van der Waals surface area contributed by atoms with Gasteiger partial charge < -0.3 is 25.4 Å². The predicted molar refractivity (Wildman–Crippen MR) is 94.3 cm³/mol. The zero-order chi connectivity index (χ0) is 20.2. The van der Waals surface area contributed by atoms with Gasteiger partial charge in [-0.2, -0.15) is 13.5 Å². The number of aromatic amines is 1. The number of aryl methyl sites for hydroxylation is 1. The van der Waals surface area contributed by atoms with E-state index in [-0.39, 0.29) is 16.4 Å². The normalized spacial score (nSPS) is 17.0. The van der Waals surface area contributed by atoms with E-state index in [0.717, 1.165) is 5.56 Å². The lowest BCUT2D eigenvalue weighted by Crippen LogP contribution is -2.34. The Morgan fingerprint density at radius 3 is 2.41 bits per heavy atom. The minimum atomic E-state index is -3.95. The number of nitrogens with one attached hydrogen (secondary N) is 1. The van der Waals surface area contributed by atoms with Crippen LogP contribution in [0.5, 0.6) is 0 Å². The molecule has 148 valence electrons. The SMILES string of the molecule is Cc1ccc(S(=O)(=O)N=NC(C)c2ncc([C@@H](O)[C@H](O)[C@H](O)CO)[nH]2)cc1. The molecule has 1 aromatic heterocycles. The molecule has 11 heteroatoms. The van der Waals surface area contributed by atoms with Gasteiger partial charge in [0, 0.05) is 0 Å². The first-order valence-corrected chi connectivity index (χ1v) is 9.53. The molecule has 0 aliphatic heterocycles. The summed E-state index contributed by atoms with van der Waals surface area (Å²) in [6.45, 7) is 2.66. The van der Waals surface area contributed by atoms with E-state index in [2.05, 4.69) is 19.6 Å². The fraction of sp³-hybridized carbons (Fsp3) is 0.438. The maximum atomic E-state index is 12.2. The lowest BCUT2D eigenvalue weighted by molar-refractivity contribution is -0.0788. The number of sulfonamides is 1. The highest BCUT2D eigenvalue weighted by Crippen LogP contribution is 2.22. The molecular formula is C16H22N4O6S. The molecule has 10 nitrogen and oxygen atoms in total. The van der Waals surface area contributed by atoms with Crippen LogP contribution < -0.4 is 0 Å². The van der Waals surface area contributed by atoms with E-state index in [4.69, 9.17) is 5.11 Å². The number of hydrogen-bond acceptors (Lipinski definition) is 8. The van der Waals surface area contributed by atoms with Crippen LogP contribution in [0.2, 0.25) is 0 Å². The predicted octanol–water partition coefficient (Wildman–Crippen LogP) is 0.368. The number of nitrogens with zero attached hydrogens (tertiary/aromatic N) is 3. The molecule has 1 heterocycles. The van der Waals surface area contributed by atoms with Crippen molar-refractivity contribution in [1.82, 2.24) is 9.97 Å². The summed E-state index contributed by atoms with van der Waals surface area (Å²) >= 11 is 0. The van der Waals surface area contributed by atoms with Crippen molar-refractivity contribution in [1.29, 1.82) is 0 Å². The summed E-state index contributed by atoms with van der Waals surface area (Å²) in [5, 5.41) is 41.6. The van der Waals surface area contributed by atoms with E-state index >= 15 is 0 Å². The molecule has 2 aromatic rings. The number of H-pyrrole nitrogens is 1. The van der Waals surface area contributed by atoms with Gasteiger partial charge in [0.1, 0.15) is 30.2 Å². The summed E-state index contributed by atoms with van der Waals surface area (Å²) in [6, 6.07) is 5.40. The zero-order valence-corrected chi connectivity index (χ0v) is 15.6. The average molecular weight is 398 g/mol. The molecular weight excluding hydrogens is 376 g/mol. The maximum absolute atomic E-state index is 12.2. The van der Waals surface area contributed by atoms with Crippen molar-refractivity contribution < 1.29 is 28.8 Å². The van der Waals surface area contributed by atoms with Gasteiger partial charge in [0.15, 0.2) is 0 Å². The number of aliphatic hydroxyl groups is 4. The highest BCUT2D eigenvalue weighted by Gasteiger charge is 2.27. The summed E-state index contributed by atoms with van der Waals surface area (Å²) in [6.07, 6.45) is -3.45. The number of aromatic nitrogens is 2. The van der Waals surface area contributed by atoms with Crippen LogP contribution in [-0.2, 0) is 10.0 Å². The Bertz CT molecular complexity index is 881. The second kappa shape index (κ2) is 8.67. The van der Waals surface area contributed by atoms with Gasteiger partial charge in [0.2, 0.25) is 0 Å². The fourth-order valence-electron chi connectivity index (χ4n) is 2.16. The van der Waals surface area contributed by atoms with Gasteiger partial charge in [-0.15, -0.1) is 0 Å². The molecule has 0 amide bonds. The molecule has 0 saturated heterocycles. The van der Waals surface area contributed by atoms with Gasteiger partial charge in [0.05, 0.1) is 23.4 Å². The Hall–Kier alpha value is -2.18. The van der Waals surface area contributed by atoms with E-state index in [1.54, 1.807) is 19.1 Å². The van der Waals surface area contributed by atoms with Crippen molar-refractivity contribution in [2.75, 3.05) is 6.61 Å². The van der Waals surface area contributed by atoms with E-state index in [0.29, 0.717) is 0 Å². The molecule has 0 fully saturated rings. The summed E-state index contributed by atoms with van der Waals surface area (Å²) in [5.74, 6) is 0.206. The number of benzene rings is 1. The Morgan fingerprint density at radius 2 is 1.81 bits per heavy atom. The Balaban J connectivity index is 2.12. The molecule has 4 atom stereocenters. The average Bonchev–Trinajstić information content (AvgIpc) is 3.15. The second-order valence-corrected chi connectivity index (χ2v) is 7.66. The van der Waals surface area contributed by atoms with Crippen LogP contribution in [0.15, 0.2) is 45.0 Å². The number of imidazole rings is 1. The highest BCUT2D eigenvalue weighted by molar-refractivity contribution is 7.90. The molecule has 2 rings (SSSR count). The van der Waals surface area contributed by atoms with Gasteiger partial charge in [-0.1, -0.05) is 22.2 Å². The summed E-state index contributed by atoms with van der Waals surface area (Å²) in [4.78, 5) is 6.68. The van der Waals surface area contributed by atoms with E-state index in [1.165, 1.54) is 18.3 Å². The van der Waals surface area contributed by atoms with E-state index in [9.17, 15) is 23.7 Å². The Kier molecular flexibility index (Phi) is 6.78. The van der Waals surface area contributed by atoms with E-state index < -0.39 is 41.0 Å². The molecule has 5 N–H and O–H groups in total. The van der Waals surface area contributed by atoms with Gasteiger partial charge in [-0.3, -0.25) is 0 Å². The van der Waals surface area contributed by atoms with Crippen LogP contribution in [0.25, 0.3) is 0 Å². The third-order valence-corrected chi connectivity index (χ3v) is 5.06. The first-order chi connectivity index (χ1) is 12.7. The van der Waals surface area contributed by atoms with Crippen LogP contribution in [0.1, 0.15) is 36.2 Å². The fourth-order valence-corrected chi connectivity index (χ4v) is 3.00. The molecule has 0 aliphatic carbocycles. The monoisotopic (exact) mass is 398 g/mol. The summed E-state index contributed by atoms with van der Waals surface area (Å²) < 4.78 is 27.8. The molecule has 1 unspecified atom stereocenters. The standard InChI is InChI=1S/C16H22N4O6S/c1-9-3-5-11(6-4-9)27(25,26)20-19-10(2)16-17-7-12(18-16)14(23)15(24)13(22)8-21/h3-7,10,13-15,21-24H,8H2,1-2H3,(H,17,18)/t10?,13-,14-,15-/m1/s1. The number of aliphatic hydroxyl groups excluding tert-OH is 4. The quantitative estimate of drug-likeness (QED) is 0.400. The van der Waals surface area contributed by atoms with Gasteiger partial charge >= 0.3 is 0 Å². The van der Waals surface area contributed by atoms with Crippen molar-refractivity contribution in [3.8, 4) is 0 Å². The lowest BCUT2D eigenvalue weighted by atomic mass is 10.1. The molecule has 0 spiro atoms. The van der Waals surface area contributed by atoms with Crippen molar-refractivity contribution >= 4 is 10.0 Å². The topological polar surface area (TPSA) is 168 Å². The largest absolute Gasteiger partial charge is 0.394 e. The molecule has 0 saturated carbocycles. The molecule has 27 heavy (non-hydrogen) atoms. The molecule has 0 bridgehead atoms. The first kappa shape index (κ1) is 21.1. The zero-order valence-electron chi connectivity index (χ0n) is 14.8. The minimum absolute atomic E-state index is 0.0146. The van der Waals surface area contributed by atoms with Crippen LogP contribution in [0, 0.1) is 6.92 Å². The van der Waals surface area contributed by atoms with Crippen LogP contribution in [0.3, 0.4) is 0 Å². The second-order valence-electron chi connectivity index (χ2n) is 6.07. The Morgan fingerprint density at radius 1 is 1.19 bits per heavy atom. The number of rotatable bonds is 8. The number of hydrogen-bond donors (Lipinski definition) is 5. The molecule has 0 radical (unpaired) electrons. The van der Waals surface area contributed by atoms with Crippen molar-refractivity contribution in [2.45, 2.75) is 43.1 Å². The van der Waals surface area contributed by atoms with Crippen LogP contribution in [-0.4, -0.2) is 57.6 Å². The van der Waals surface area contributed by atoms with E-state index in [1.807, 2.05) is 6.92 Å². The van der Waals surface area contributed by atoms with Gasteiger partial charge in [-0.05, 0) is 26.0 Å². The van der Waals surface area contributed by atoms with Crippen molar-refractivity contribution in [2.24, 2.45) is 9.63 Å². The smallest absolute Gasteiger partial charge is 0.299 e. The first-order valence-electron chi connectivity index (χ1n) is 8.09. The third-order valence-electron chi connectivity index (χ3n) is 3.88.